The third-order valence-electron chi connectivity index (χ3n) is 2.94. The Morgan fingerprint density at radius 3 is 1.83 bits per heavy atom. The molecule has 0 N–H and O–H groups in total. The number of hydrogen-bond acceptors (Lipinski definition) is 0. The van der Waals surface area contributed by atoms with Crippen molar-refractivity contribution in [3.8, 4) is 0 Å². The third kappa shape index (κ3) is 3.58. The first-order valence-electron chi connectivity index (χ1n) is 6.37. The molecule has 0 saturated carbocycles. The SMILES string of the molecule is Cc1cc(C)cc([I-]c2ccc(C(C)C)cc2)c1. The van der Waals surface area contributed by atoms with Gasteiger partial charge in [0, 0.05) is 0 Å². The van der Waals surface area contributed by atoms with E-state index < -0.39 is 0 Å². The number of rotatable bonds is 3. The van der Waals surface area contributed by atoms with Gasteiger partial charge in [0.25, 0.3) is 0 Å². The quantitative estimate of drug-likeness (QED) is 0.737. The molecule has 18 heavy (non-hydrogen) atoms. The minimum atomic E-state index is -0.0375. The molecule has 96 valence electrons. The van der Waals surface area contributed by atoms with Gasteiger partial charge < -0.3 is 0 Å². The standard InChI is InChI=1S/C17H20I/c1-12(2)15-5-7-16(8-6-15)18-17-10-13(3)9-14(4)11-17/h5-12H,1-4H3/q-1. The average molecular weight is 351 g/mol. The van der Waals surface area contributed by atoms with E-state index >= 15 is 0 Å². The minimum absolute atomic E-state index is 0.0375. The van der Waals surface area contributed by atoms with Gasteiger partial charge in [-0.15, -0.1) is 0 Å². The van der Waals surface area contributed by atoms with Crippen LogP contribution in [0, 0.1) is 21.0 Å². The molecule has 0 aromatic heterocycles. The second-order valence-corrected chi connectivity index (χ2v) is 8.14. The summed E-state index contributed by atoms with van der Waals surface area (Å²) in [6.45, 7) is 8.85. The molecule has 0 atom stereocenters. The van der Waals surface area contributed by atoms with Gasteiger partial charge in [-0.3, -0.25) is 0 Å². The van der Waals surface area contributed by atoms with Crippen LogP contribution in [0.1, 0.15) is 36.5 Å². The molecule has 0 amide bonds. The predicted molar refractivity (Wildman–Crippen MR) is 73.8 cm³/mol. The molecule has 1 heteroatoms. The van der Waals surface area contributed by atoms with Crippen LogP contribution in [-0.4, -0.2) is 0 Å². The van der Waals surface area contributed by atoms with Crippen LogP contribution in [0.2, 0.25) is 0 Å². The maximum absolute atomic E-state index is 2.33. The monoisotopic (exact) mass is 351 g/mol. The Balaban J connectivity index is 2.18. The Hall–Kier alpha value is -0.830. The molecule has 0 saturated heterocycles. The molecule has 0 spiro atoms. The molecule has 0 aliphatic rings. The summed E-state index contributed by atoms with van der Waals surface area (Å²) in [5.41, 5.74) is 4.19. The summed E-state index contributed by atoms with van der Waals surface area (Å²) in [5, 5.41) is 0. The zero-order valence-electron chi connectivity index (χ0n) is 11.5. The molecule has 0 aliphatic carbocycles. The van der Waals surface area contributed by atoms with E-state index in [1.807, 2.05) is 0 Å². The van der Waals surface area contributed by atoms with Gasteiger partial charge >= 0.3 is 121 Å². The number of halogens is 1. The zero-order chi connectivity index (χ0) is 13.1. The van der Waals surface area contributed by atoms with Crippen LogP contribution in [-0.2, 0) is 0 Å². The van der Waals surface area contributed by atoms with Gasteiger partial charge in [-0.2, -0.15) is 0 Å². The van der Waals surface area contributed by atoms with Gasteiger partial charge in [0.1, 0.15) is 0 Å². The topological polar surface area (TPSA) is 0 Å². The first-order valence-corrected chi connectivity index (χ1v) is 8.53. The molecule has 0 heterocycles. The number of hydrogen-bond donors (Lipinski definition) is 0. The van der Waals surface area contributed by atoms with E-state index in [0.29, 0.717) is 5.92 Å². The molecule has 2 aromatic rings. The van der Waals surface area contributed by atoms with Crippen LogP contribution in [0.25, 0.3) is 0 Å². The molecule has 0 unspecified atom stereocenters. The van der Waals surface area contributed by atoms with E-state index in [4.69, 9.17) is 0 Å². The normalized spacial score (nSPS) is 11.2. The summed E-state index contributed by atoms with van der Waals surface area (Å²) in [6, 6.07) is 16.1. The van der Waals surface area contributed by atoms with E-state index in [0.717, 1.165) is 0 Å². The molecule has 2 aromatic carbocycles. The fourth-order valence-electron chi connectivity index (χ4n) is 2.01. The first kappa shape index (κ1) is 13.6. The van der Waals surface area contributed by atoms with Gasteiger partial charge in [0.2, 0.25) is 0 Å². The van der Waals surface area contributed by atoms with Crippen molar-refractivity contribution in [3.63, 3.8) is 0 Å². The van der Waals surface area contributed by atoms with Crippen molar-refractivity contribution in [2.45, 2.75) is 33.6 Å². The molecule has 0 aliphatic heterocycles. The van der Waals surface area contributed by atoms with Gasteiger partial charge in [-0.1, -0.05) is 0 Å². The predicted octanol–water partition coefficient (Wildman–Crippen LogP) is 1.56. The van der Waals surface area contributed by atoms with Gasteiger partial charge in [0.15, 0.2) is 0 Å². The molecule has 0 bridgehead atoms. The Labute approximate surface area is 121 Å². The summed E-state index contributed by atoms with van der Waals surface area (Å²) < 4.78 is 3.02. The molecule has 0 radical (unpaired) electrons. The first-order chi connectivity index (χ1) is 8.54. The summed E-state index contributed by atoms with van der Waals surface area (Å²) in [7, 11) is 0. The van der Waals surface area contributed by atoms with Crippen LogP contribution < -0.4 is 21.2 Å². The number of aryl methyl sites for hydroxylation is 2. The molecule has 0 nitrogen and oxygen atoms in total. The Morgan fingerprint density at radius 2 is 1.33 bits per heavy atom. The van der Waals surface area contributed by atoms with Gasteiger partial charge in [0.05, 0.1) is 0 Å². The van der Waals surface area contributed by atoms with Crippen LogP contribution in [0.15, 0.2) is 42.5 Å². The van der Waals surface area contributed by atoms with E-state index in [1.54, 1.807) is 0 Å². The van der Waals surface area contributed by atoms with Crippen LogP contribution in [0.5, 0.6) is 0 Å². The van der Waals surface area contributed by atoms with Crippen molar-refractivity contribution < 1.29 is 21.2 Å². The molecule has 0 fully saturated rings. The molecular formula is C17H20I-. The third-order valence-corrected chi connectivity index (χ3v) is 5.53. The number of benzene rings is 2. The fourth-order valence-corrected chi connectivity index (χ4v) is 4.74. The van der Waals surface area contributed by atoms with Crippen molar-refractivity contribution in [3.05, 3.63) is 66.3 Å². The van der Waals surface area contributed by atoms with E-state index in [-0.39, 0.29) is 21.2 Å². The summed E-state index contributed by atoms with van der Waals surface area (Å²) in [6.07, 6.45) is 0. The molecule has 2 rings (SSSR count). The molecular weight excluding hydrogens is 331 g/mol. The van der Waals surface area contributed by atoms with Crippen molar-refractivity contribution in [1.29, 1.82) is 0 Å². The summed E-state index contributed by atoms with van der Waals surface area (Å²) >= 11 is -0.0375. The van der Waals surface area contributed by atoms with Crippen LogP contribution >= 0.6 is 0 Å². The van der Waals surface area contributed by atoms with Gasteiger partial charge in [-0.25, -0.2) is 0 Å². The Bertz CT molecular complexity index is 504. The van der Waals surface area contributed by atoms with Gasteiger partial charge in [-0.05, 0) is 0 Å². The fraction of sp³-hybridized carbons (Fsp3) is 0.294. The van der Waals surface area contributed by atoms with Crippen molar-refractivity contribution >= 4 is 0 Å². The summed E-state index contributed by atoms with van der Waals surface area (Å²) in [4.78, 5) is 0. The average Bonchev–Trinajstić information content (AvgIpc) is 2.28. The van der Waals surface area contributed by atoms with Crippen LogP contribution in [0.3, 0.4) is 0 Å². The zero-order valence-corrected chi connectivity index (χ0v) is 13.7. The van der Waals surface area contributed by atoms with Crippen molar-refractivity contribution in [2.24, 2.45) is 0 Å². The van der Waals surface area contributed by atoms with E-state index in [2.05, 4.69) is 70.2 Å². The van der Waals surface area contributed by atoms with Crippen molar-refractivity contribution in [1.82, 2.24) is 0 Å². The van der Waals surface area contributed by atoms with E-state index in [9.17, 15) is 0 Å². The van der Waals surface area contributed by atoms with E-state index in [1.165, 1.54) is 23.8 Å². The maximum atomic E-state index is 2.33. The second kappa shape index (κ2) is 5.87. The van der Waals surface area contributed by atoms with Crippen molar-refractivity contribution in [2.75, 3.05) is 0 Å². The van der Waals surface area contributed by atoms with Crippen LogP contribution in [0.4, 0.5) is 0 Å². The summed E-state index contributed by atoms with van der Waals surface area (Å²) in [5.74, 6) is 0.624. The Kier molecular flexibility index (Phi) is 4.44. The second-order valence-electron chi connectivity index (χ2n) is 5.11. The Morgan fingerprint density at radius 1 is 0.778 bits per heavy atom.